The normalized spacial score (nSPS) is 11.2. The van der Waals surface area contributed by atoms with Crippen LogP contribution in [0.4, 0.5) is 0 Å². The summed E-state index contributed by atoms with van der Waals surface area (Å²) in [6.45, 7) is 1.60. The molecule has 1 aromatic heterocycles. The topological polar surface area (TPSA) is 88.2 Å². The van der Waals surface area contributed by atoms with Gasteiger partial charge in [0.05, 0.1) is 23.7 Å². The lowest BCUT2D eigenvalue weighted by Crippen LogP contribution is -2.36. The number of aryl methyl sites for hydroxylation is 1. The molecule has 2 aromatic rings. The smallest absolute Gasteiger partial charge is 0.241 e. The zero-order valence-corrected chi connectivity index (χ0v) is 14.0. The van der Waals surface area contributed by atoms with Crippen LogP contribution < -0.4 is 10.0 Å². The summed E-state index contributed by atoms with van der Waals surface area (Å²) in [4.78, 5) is 15.9. The maximum atomic E-state index is 12.1. The second-order valence-corrected chi connectivity index (χ2v) is 7.01. The van der Waals surface area contributed by atoms with E-state index in [2.05, 4.69) is 15.0 Å². The zero-order valence-electron chi connectivity index (χ0n) is 12.4. The molecule has 1 amide bonds. The van der Waals surface area contributed by atoms with Crippen LogP contribution in [0.15, 0.2) is 47.5 Å². The first-order valence-electron chi connectivity index (χ1n) is 6.81. The third kappa shape index (κ3) is 5.02. The quantitative estimate of drug-likeness (QED) is 0.826. The van der Waals surface area contributed by atoms with Gasteiger partial charge in [-0.05, 0) is 42.8 Å². The average Bonchev–Trinajstić information content (AvgIpc) is 2.54. The molecule has 0 spiro atoms. The summed E-state index contributed by atoms with van der Waals surface area (Å²) >= 11 is 5.87. The van der Waals surface area contributed by atoms with Gasteiger partial charge in [0.1, 0.15) is 0 Å². The second kappa shape index (κ2) is 7.54. The van der Waals surface area contributed by atoms with Gasteiger partial charge in [0.25, 0.3) is 0 Å². The van der Waals surface area contributed by atoms with Gasteiger partial charge in [0.2, 0.25) is 15.9 Å². The van der Waals surface area contributed by atoms with Crippen molar-refractivity contribution in [3.8, 4) is 0 Å². The molecule has 23 heavy (non-hydrogen) atoms. The highest BCUT2D eigenvalue weighted by Crippen LogP contribution is 2.19. The summed E-state index contributed by atoms with van der Waals surface area (Å²) < 4.78 is 26.5. The lowest BCUT2D eigenvalue weighted by atomic mass is 10.2. The van der Waals surface area contributed by atoms with Crippen LogP contribution in [-0.4, -0.2) is 25.9 Å². The van der Waals surface area contributed by atoms with E-state index in [0.29, 0.717) is 16.3 Å². The van der Waals surface area contributed by atoms with Gasteiger partial charge in [-0.2, -0.15) is 0 Å². The molecule has 1 heterocycles. The molecule has 1 aromatic carbocycles. The Bertz CT molecular complexity index is 795. The van der Waals surface area contributed by atoms with Gasteiger partial charge in [-0.25, -0.2) is 13.1 Å². The van der Waals surface area contributed by atoms with Crippen LogP contribution in [0.25, 0.3) is 0 Å². The number of amides is 1. The number of hydrogen-bond acceptors (Lipinski definition) is 4. The van der Waals surface area contributed by atoms with Crippen molar-refractivity contribution in [2.45, 2.75) is 18.4 Å². The van der Waals surface area contributed by atoms with Crippen molar-refractivity contribution in [1.82, 2.24) is 15.0 Å². The largest absolute Gasteiger partial charge is 0.349 e. The first-order chi connectivity index (χ1) is 10.9. The monoisotopic (exact) mass is 353 g/mol. The van der Waals surface area contributed by atoms with Crippen LogP contribution in [-0.2, 0) is 21.4 Å². The molecule has 0 unspecified atom stereocenters. The predicted molar refractivity (Wildman–Crippen MR) is 87.5 cm³/mol. The average molecular weight is 354 g/mol. The van der Waals surface area contributed by atoms with Crippen LogP contribution in [0.3, 0.4) is 0 Å². The first kappa shape index (κ1) is 17.4. The minimum absolute atomic E-state index is 0.0666. The molecule has 2 N–H and O–H groups in total. The van der Waals surface area contributed by atoms with Gasteiger partial charge in [0.15, 0.2) is 0 Å². The van der Waals surface area contributed by atoms with E-state index in [4.69, 9.17) is 11.6 Å². The summed E-state index contributed by atoms with van der Waals surface area (Å²) in [6, 6.07) is 9.70. The molecule has 2 rings (SSSR count). The Labute approximate surface area is 139 Å². The van der Waals surface area contributed by atoms with Gasteiger partial charge in [-0.15, -0.1) is 0 Å². The summed E-state index contributed by atoms with van der Waals surface area (Å²) in [7, 11) is -3.76. The fraction of sp³-hybridized carbons (Fsp3) is 0.200. The van der Waals surface area contributed by atoms with Crippen molar-refractivity contribution in [2.75, 3.05) is 6.54 Å². The number of nitrogens with zero attached hydrogens (tertiary/aromatic N) is 1. The van der Waals surface area contributed by atoms with E-state index in [1.54, 1.807) is 31.3 Å². The number of hydrogen-bond donors (Lipinski definition) is 2. The summed E-state index contributed by atoms with van der Waals surface area (Å²) in [5.41, 5.74) is 1.34. The van der Waals surface area contributed by atoms with Gasteiger partial charge >= 0.3 is 0 Å². The van der Waals surface area contributed by atoms with Gasteiger partial charge in [0, 0.05) is 11.2 Å². The molecule has 0 bridgehead atoms. The Kier molecular flexibility index (Phi) is 5.70. The summed E-state index contributed by atoms with van der Waals surface area (Å²) in [5, 5.41) is 3.08. The van der Waals surface area contributed by atoms with Crippen molar-refractivity contribution in [3.05, 3.63) is 58.9 Å². The molecule has 6 nitrogen and oxygen atoms in total. The highest BCUT2D eigenvalue weighted by Gasteiger charge is 2.16. The van der Waals surface area contributed by atoms with E-state index >= 15 is 0 Å². The lowest BCUT2D eigenvalue weighted by molar-refractivity contribution is -0.120. The highest BCUT2D eigenvalue weighted by molar-refractivity contribution is 7.89. The van der Waals surface area contributed by atoms with Crippen LogP contribution in [0.5, 0.6) is 0 Å². The zero-order chi connectivity index (χ0) is 16.9. The molecule has 8 heteroatoms. The molecule has 0 aliphatic carbocycles. The summed E-state index contributed by atoms with van der Waals surface area (Å²) in [6.07, 6.45) is 1.62. The fourth-order valence-corrected chi connectivity index (χ4v) is 2.97. The second-order valence-electron chi connectivity index (χ2n) is 4.83. The van der Waals surface area contributed by atoms with Crippen LogP contribution >= 0.6 is 11.6 Å². The number of halogens is 1. The number of nitrogens with one attached hydrogen (secondary N) is 2. The molecule has 0 atom stereocenters. The number of carbonyl (C=O) groups is 1. The molecule has 0 radical (unpaired) electrons. The number of rotatable bonds is 6. The minimum atomic E-state index is -3.76. The standard InChI is InChI=1S/C15H16ClN3O3S/c1-11-8-13(5-6-14(11)16)23(21,22)19-10-15(20)18-9-12-4-2-3-7-17-12/h2-8,19H,9-10H2,1H3,(H,18,20). The number of benzene rings is 1. The third-order valence-corrected chi connectivity index (χ3v) is 4.88. The molecule has 0 saturated heterocycles. The Morgan fingerprint density at radius 3 is 2.70 bits per heavy atom. The molecule has 0 saturated carbocycles. The fourth-order valence-electron chi connectivity index (χ4n) is 1.78. The van der Waals surface area contributed by atoms with E-state index in [1.807, 2.05) is 0 Å². The molecular weight excluding hydrogens is 338 g/mol. The molecule has 122 valence electrons. The Balaban J connectivity index is 1.91. The maximum Gasteiger partial charge on any atom is 0.241 e. The van der Waals surface area contributed by atoms with Crippen molar-refractivity contribution in [1.29, 1.82) is 0 Å². The van der Waals surface area contributed by atoms with Crippen molar-refractivity contribution in [3.63, 3.8) is 0 Å². The van der Waals surface area contributed by atoms with E-state index in [1.165, 1.54) is 18.2 Å². The maximum absolute atomic E-state index is 12.1. The Morgan fingerprint density at radius 1 is 1.26 bits per heavy atom. The molecular formula is C15H16ClN3O3S. The van der Waals surface area contributed by atoms with Crippen LogP contribution in [0.1, 0.15) is 11.3 Å². The number of pyridine rings is 1. The van der Waals surface area contributed by atoms with Gasteiger partial charge in [-0.3, -0.25) is 9.78 Å². The lowest BCUT2D eigenvalue weighted by Gasteiger charge is -2.09. The first-order valence-corrected chi connectivity index (χ1v) is 8.67. The molecule has 0 aliphatic rings. The summed E-state index contributed by atoms with van der Waals surface area (Å²) in [5.74, 6) is -0.440. The number of aromatic nitrogens is 1. The Morgan fingerprint density at radius 2 is 2.04 bits per heavy atom. The van der Waals surface area contributed by atoms with Crippen molar-refractivity contribution < 1.29 is 13.2 Å². The number of carbonyl (C=O) groups excluding carboxylic acids is 1. The van der Waals surface area contributed by atoms with E-state index in [0.717, 1.165) is 0 Å². The molecule has 0 fully saturated rings. The van der Waals surface area contributed by atoms with Crippen molar-refractivity contribution >= 4 is 27.5 Å². The van der Waals surface area contributed by atoms with E-state index < -0.39 is 15.9 Å². The Hall–Kier alpha value is -1.96. The van der Waals surface area contributed by atoms with Crippen LogP contribution in [0, 0.1) is 6.92 Å². The van der Waals surface area contributed by atoms with E-state index in [9.17, 15) is 13.2 Å². The molecule has 0 aliphatic heterocycles. The van der Waals surface area contributed by atoms with E-state index in [-0.39, 0.29) is 18.0 Å². The SMILES string of the molecule is Cc1cc(S(=O)(=O)NCC(=O)NCc2ccccn2)ccc1Cl. The van der Waals surface area contributed by atoms with Crippen LogP contribution in [0.2, 0.25) is 5.02 Å². The third-order valence-electron chi connectivity index (χ3n) is 3.06. The van der Waals surface area contributed by atoms with Crippen molar-refractivity contribution in [2.24, 2.45) is 0 Å². The highest BCUT2D eigenvalue weighted by atomic mass is 35.5. The minimum Gasteiger partial charge on any atom is -0.349 e. The van der Waals surface area contributed by atoms with Gasteiger partial charge < -0.3 is 5.32 Å². The van der Waals surface area contributed by atoms with Gasteiger partial charge in [-0.1, -0.05) is 17.7 Å². The predicted octanol–water partition coefficient (Wildman–Crippen LogP) is 1.64. The number of sulfonamides is 1.